The van der Waals surface area contributed by atoms with Gasteiger partial charge in [-0.15, -0.1) is 0 Å². The Morgan fingerprint density at radius 2 is 1.17 bits per heavy atom. The first kappa shape index (κ1) is 17.3. The van der Waals surface area contributed by atoms with Crippen molar-refractivity contribution in [3.63, 3.8) is 0 Å². The van der Waals surface area contributed by atoms with Crippen LogP contribution in [-0.2, 0) is 0 Å². The molecule has 0 aliphatic heterocycles. The minimum Gasteiger partial charge on any atom is -0.456 e. The Hall–Kier alpha value is -3.62. The molecule has 0 saturated heterocycles. The zero-order valence-corrected chi connectivity index (χ0v) is 17.9. The maximum absolute atomic E-state index is 5.98. The minimum atomic E-state index is -0.431. The van der Waals surface area contributed by atoms with E-state index in [1.807, 2.05) is 12.1 Å². The number of hydrogen-bond donors (Lipinski definition) is 0. The highest BCUT2D eigenvalue weighted by molar-refractivity contribution is 6.67. The minimum absolute atomic E-state index is 0.431. The molecule has 0 N–H and O–H groups in total. The number of furan rings is 1. The zero-order chi connectivity index (χ0) is 19.9. The van der Waals surface area contributed by atoms with Crippen LogP contribution in [0.2, 0.25) is 0 Å². The summed E-state index contributed by atoms with van der Waals surface area (Å²) in [5.74, 6) is 0. The summed E-state index contributed by atoms with van der Waals surface area (Å²) in [6.45, 7) is 0. The van der Waals surface area contributed by atoms with Gasteiger partial charge in [-0.05, 0) is 46.2 Å². The summed E-state index contributed by atoms with van der Waals surface area (Å²) in [5.41, 5.74) is 4.34. The van der Waals surface area contributed by atoms with Crippen molar-refractivity contribution in [2.24, 2.45) is 0 Å². The summed E-state index contributed by atoms with van der Waals surface area (Å²) < 4.78 is 5.98. The Labute approximate surface area is 177 Å². The van der Waals surface area contributed by atoms with Crippen molar-refractivity contribution >= 4 is 52.6 Å². The molecule has 1 heterocycles. The molecule has 1 nitrogen and oxygen atoms in total. The predicted octanol–water partition coefficient (Wildman–Crippen LogP) is 5.53. The van der Waals surface area contributed by atoms with Gasteiger partial charge in [0.25, 0.3) is 0 Å². The van der Waals surface area contributed by atoms with Crippen LogP contribution >= 0.6 is 0 Å². The molecule has 5 aromatic carbocycles. The third-order valence-electron chi connectivity index (χ3n) is 5.87. The standard InChI is InChI=1S/C28H20OSi/c1-2-6-23(7-3-1)30-24-14-12-20-16-19(10-11-21(20)17-24)22-13-15-28-26(18-22)25-8-4-5-9-27(25)29-28/h1-18H,30H2. The molecule has 1 aromatic heterocycles. The molecule has 0 spiro atoms. The van der Waals surface area contributed by atoms with Gasteiger partial charge in [0.05, 0.1) is 9.52 Å². The van der Waals surface area contributed by atoms with Crippen molar-refractivity contribution in [1.29, 1.82) is 0 Å². The summed E-state index contributed by atoms with van der Waals surface area (Å²) in [7, 11) is -0.431. The molecule has 0 fully saturated rings. The van der Waals surface area contributed by atoms with Gasteiger partial charge in [0.2, 0.25) is 0 Å². The average Bonchev–Trinajstić information content (AvgIpc) is 3.17. The molecular weight excluding hydrogens is 380 g/mol. The van der Waals surface area contributed by atoms with E-state index in [0.29, 0.717) is 0 Å². The van der Waals surface area contributed by atoms with Crippen LogP contribution in [-0.4, -0.2) is 9.52 Å². The van der Waals surface area contributed by atoms with Crippen LogP contribution in [0.25, 0.3) is 43.8 Å². The first-order valence-corrected chi connectivity index (χ1v) is 11.7. The maximum atomic E-state index is 5.98. The van der Waals surface area contributed by atoms with E-state index < -0.39 is 9.52 Å². The lowest BCUT2D eigenvalue weighted by Gasteiger charge is -2.07. The molecule has 6 aromatic rings. The Bertz CT molecular complexity index is 1510. The Morgan fingerprint density at radius 1 is 0.467 bits per heavy atom. The number of benzene rings is 5. The van der Waals surface area contributed by atoms with E-state index in [1.165, 1.54) is 43.0 Å². The molecule has 2 heteroatoms. The molecule has 142 valence electrons. The summed E-state index contributed by atoms with van der Waals surface area (Å²) in [6.07, 6.45) is 0. The first-order valence-electron chi connectivity index (χ1n) is 10.3. The Morgan fingerprint density at radius 3 is 2.10 bits per heavy atom. The molecule has 0 aliphatic carbocycles. The third-order valence-corrected chi connectivity index (χ3v) is 7.59. The first-order chi connectivity index (χ1) is 14.8. The van der Waals surface area contributed by atoms with Crippen LogP contribution < -0.4 is 10.4 Å². The molecule has 0 amide bonds. The maximum Gasteiger partial charge on any atom is 0.135 e. The van der Waals surface area contributed by atoms with E-state index in [2.05, 4.69) is 97.1 Å². The molecule has 0 saturated carbocycles. The second-order valence-corrected chi connectivity index (χ2v) is 9.85. The number of fused-ring (bicyclic) bond motifs is 4. The number of rotatable bonds is 3. The van der Waals surface area contributed by atoms with Gasteiger partial charge in [0.1, 0.15) is 11.2 Å². The van der Waals surface area contributed by atoms with E-state index in [9.17, 15) is 0 Å². The molecule has 0 bridgehead atoms. The molecule has 6 rings (SSSR count). The van der Waals surface area contributed by atoms with Crippen LogP contribution in [0.3, 0.4) is 0 Å². The van der Waals surface area contributed by atoms with E-state index in [0.717, 1.165) is 11.2 Å². The van der Waals surface area contributed by atoms with E-state index in [4.69, 9.17) is 4.42 Å². The highest BCUT2D eigenvalue weighted by Gasteiger charge is 2.08. The number of para-hydroxylation sites is 1. The summed E-state index contributed by atoms with van der Waals surface area (Å²) in [6, 6.07) is 39.3. The topological polar surface area (TPSA) is 13.1 Å². The summed E-state index contributed by atoms with van der Waals surface area (Å²) >= 11 is 0. The van der Waals surface area contributed by atoms with Gasteiger partial charge in [0, 0.05) is 10.8 Å². The monoisotopic (exact) mass is 400 g/mol. The van der Waals surface area contributed by atoms with Crippen molar-refractivity contribution in [2.75, 3.05) is 0 Å². The van der Waals surface area contributed by atoms with Crippen molar-refractivity contribution in [3.8, 4) is 11.1 Å². The van der Waals surface area contributed by atoms with Crippen LogP contribution in [0.15, 0.2) is 114 Å². The molecule has 0 atom stereocenters. The Balaban J connectivity index is 1.39. The smallest absolute Gasteiger partial charge is 0.135 e. The molecular formula is C28H20OSi. The Kier molecular flexibility index (Phi) is 4.03. The third kappa shape index (κ3) is 3.02. The fraction of sp³-hybridized carbons (Fsp3) is 0. The predicted molar refractivity (Wildman–Crippen MR) is 131 cm³/mol. The normalized spacial score (nSPS) is 11.9. The molecule has 0 radical (unpaired) electrons. The van der Waals surface area contributed by atoms with E-state index in [1.54, 1.807) is 0 Å². The van der Waals surface area contributed by atoms with Crippen LogP contribution in [0, 0.1) is 0 Å². The van der Waals surface area contributed by atoms with E-state index >= 15 is 0 Å². The second-order valence-electron chi connectivity index (χ2n) is 7.87. The fourth-order valence-corrected chi connectivity index (χ4v) is 5.86. The van der Waals surface area contributed by atoms with Crippen molar-refractivity contribution in [2.45, 2.75) is 0 Å². The van der Waals surface area contributed by atoms with Crippen molar-refractivity contribution < 1.29 is 4.42 Å². The van der Waals surface area contributed by atoms with Gasteiger partial charge in [-0.2, -0.15) is 0 Å². The molecule has 0 aliphatic rings. The second kappa shape index (κ2) is 7.01. The quantitative estimate of drug-likeness (QED) is 0.356. The summed E-state index contributed by atoms with van der Waals surface area (Å²) in [5, 5.41) is 7.91. The van der Waals surface area contributed by atoms with Gasteiger partial charge >= 0.3 is 0 Å². The summed E-state index contributed by atoms with van der Waals surface area (Å²) in [4.78, 5) is 0. The highest BCUT2D eigenvalue weighted by atomic mass is 28.2. The largest absolute Gasteiger partial charge is 0.456 e. The van der Waals surface area contributed by atoms with Gasteiger partial charge in [0.15, 0.2) is 0 Å². The molecule has 30 heavy (non-hydrogen) atoms. The molecule has 0 unspecified atom stereocenters. The zero-order valence-electron chi connectivity index (χ0n) is 16.5. The van der Waals surface area contributed by atoms with E-state index in [-0.39, 0.29) is 0 Å². The van der Waals surface area contributed by atoms with Crippen molar-refractivity contribution in [1.82, 2.24) is 0 Å². The van der Waals surface area contributed by atoms with Gasteiger partial charge < -0.3 is 4.42 Å². The van der Waals surface area contributed by atoms with Crippen LogP contribution in [0.4, 0.5) is 0 Å². The lowest BCUT2D eigenvalue weighted by Crippen LogP contribution is -2.26. The SMILES string of the molecule is c1ccc([SiH2]c2ccc3cc(-c4ccc5oc6ccccc6c5c4)ccc3c2)cc1. The van der Waals surface area contributed by atoms with Gasteiger partial charge in [-0.1, -0.05) is 95.3 Å². The van der Waals surface area contributed by atoms with Gasteiger partial charge in [-0.25, -0.2) is 0 Å². The fourth-order valence-electron chi connectivity index (χ4n) is 4.32. The average molecular weight is 401 g/mol. The van der Waals surface area contributed by atoms with Gasteiger partial charge in [-0.3, -0.25) is 0 Å². The highest BCUT2D eigenvalue weighted by Crippen LogP contribution is 2.33. The number of hydrogen-bond acceptors (Lipinski definition) is 1. The van der Waals surface area contributed by atoms with Crippen LogP contribution in [0.1, 0.15) is 0 Å². The van der Waals surface area contributed by atoms with Crippen molar-refractivity contribution in [3.05, 3.63) is 109 Å². The lowest BCUT2D eigenvalue weighted by atomic mass is 9.99. The van der Waals surface area contributed by atoms with Crippen LogP contribution in [0.5, 0.6) is 0 Å². The lowest BCUT2D eigenvalue weighted by molar-refractivity contribution is 0.669.